The molecule has 0 saturated carbocycles. The molecule has 0 heterocycles. The van der Waals surface area contributed by atoms with Crippen LogP contribution >= 0.6 is 0 Å². The van der Waals surface area contributed by atoms with E-state index in [9.17, 15) is 13.2 Å². The Morgan fingerprint density at radius 3 is 2.14 bits per heavy atom. The summed E-state index contributed by atoms with van der Waals surface area (Å²) in [5.74, 6) is 0. The van der Waals surface area contributed by atoms with Gasteiger partial charge in [-0.05, 0) is 29.4 Å². The quantitative estimate of drug-likeness (QED) is 0.811. The number of rotatable bonds is 6. The molecule has 1 rings (SSSR count). The van der Waals surface area contributed by atoms with Crippen molar-refractivity contribution in [3.05, 3.63) is 35.4 Å². The summed E-state index contributed by atoms with van der Waals surface area (Å²) in [5.41, 5.74) is 8.35. The van der Waals surface area contributed by atoms with Crippen LogP contribution in [0.3, 0.4) is 0 Å². The van der Waals surface area contributed by atoms with Crippen LogP contribution in [0.4, 0.5) is 13.2 Å². The molecule has 1 aromatic carbocycles. The fourth-order valence-corrected chi connectivity index (χ4v) is 1.97. The molecular formula is C16H24F3NO. The highest BCUT2D eigenvalue weighted by molar-refractivity contribution is 5.27. The van der Waals surface area contributed by atoms with E-state index in [1.54, 1.807) is 0 Å². The van der Waals surface area contributed by atoms with E-state index in [1.807, 2.05) is 12.1 Å². The number of hydrogen-bond acceptors (Lipinski definition) is 2. The van der Waals surface area contributed by atoms with Crippen LogP contribution in [0.25, 0.3) is 0 Å². The zero-order chi connectivity index (χ0) is 16.1. The number of nitrogens with two attached hydrogens (primary N) is 1. The molecule has 0 bridgehead atoms. The molecule has 2 nitrogen and oxygen atoms in total. The molecule has 21 heavy (non-hydrogen) atoms. The van der Waals surface area contributed by atoms with Crippen molar-refractivity contribution in [3.63, 3.8) is 0 Å². The third kappa shape index (κ3) is 7.48. The summed E-state index contributed by atoms with van der Waals surface area (Å²) in [7, 11) is 0. The molecule has 0 aliphatic rings. The van der Waals surface area contributed by atoms with E-state index in [4.69, 9.17) is 5.73 Å². The van der Waals surface area contributed by atoms with E-state index >= 15 is 0 Å². The van der Waals surface area contributed by atoms with E-state index in [0.29, 0.717) is 12.8 Å². The lowest BCUT2D eigenvalue weighted by Gasteiger charge is -2.19. The molecular weight excluding hydrogens is 279 g/mol. The molecule has 0 spiro atoms. The zero-order valence-electron chi connectivity index (χ0n) is 12.8. The number of ether oxygens (including phenoxy) is 1. The van der Waals surface area contributed by atoms with Crippen molar-refractivity contribution in [2.45, 2.75) is 51.2 Å². The Bertz CT molecular complexity index is 421. The van der Waals surface area contributed by atoms with Crippen LogP contribution in [0.15, 0.2) is 24.3 Å². The van der Waals surface area contributed by atoms with Gasteiger partial charge < -0.3 is 10.5 Å². The fraction of sp³-hybridized carbons (Fsp3) is 0.625. The monoisotopic (exact) mass is 303 g/mol. The van der Waals surface area contributed by atoms with Crippen molar-refractivity contribution < 1.29 is 17.9 Å². The standard InChI is InChI=1S/C16H24F3NO/c1-15(2,3)13-6-4-12(5-7-13)10-14(20)8-9-21-11-16(17,18)19/h4-7,14H,8-11,20H2,1-3H3. The van der Waals surface area contributed by atoms with Crippen molar-refractivity contribution in [2.75, 3.05) is 13.2 Å². The van der Waals surface area contributed by atoms with Crippen LogP contribution in [0, 0.1) is 0 Å². The molecule has 1 unspecified atom stereocenters. The molecule has 0 aromatic heterocycles. The van der Waals surface area contributed by atoms with Crippen molar-refractivity contribution in [1.82, 2.24) is 0 Å². The maximum absolute atomic E-state index is 11.9. The van der Waals surface area contributed by atoms with Crippen LogP contribution < -0.4 is 5.73 Å². The first-order chi connectivity index (χ1) is 9.58. The summed E-state index contributed by atoms with van der Waals surface area (Å²) in [6, 6.07) is 8.00. The minimum absolute atomic E-state index is 0.0285. The molecule has 0 saturated heterocycles. The lowest BCUT2D eigenvalue weighted by Crippen LogP contribution is -2.26. The van der Waals surface area contributed by atoms with Gasteiger partial charge in [-0.2, -0.15) is 13.2 Å². The summed E-state index contributed by atoms with van der Waals surface area (Å²) in [4.78, 5) is 0. The Hall–Kier alpha value is -1.07. The second-order valence-electron chi connectivity index (χ2n) is 6.37. The van der Waals surface area contributed by atoms with Gasteiger partial charge in [0.2, 0.25) is 0 Å². The third-order valence-corrected chi connectivity index (χ3v) is 3.22. The van der Waals surface area contributed by atoms with Crippen LogP contribution in [0.1, 0.15) is 38.3 Å². The fourth-order valence-electron chi connectivity index (χ4n) is 1.97. The van der Waals surface area contributed by atoms with Gasteiger partial charge in [0, 0.05) is 12.6 Å². The minimum Gasteiger partial charge on any atom is -0.372 e. The Labute approximate surface area is 124 Å². The molecule has 2 N–H and O–H groups in total. The third-order valence-electron chi connectivity index (χ3n) is 3.22. The smallest absolute Gasteiger partial charge is 0.372 e. The maximum Gasteiger partial charge on any atom is 0.411 e. The van der Waals surface area contributed by atoms with E-state index in [0.717, 1.165) is 5.56 Å². The van der Waals surface area contributed by atoms with Gasteiger partial charge in [0.15, 0.2) is 0 Å². The topological polar surface area (TPSA) is 35.2 Å². The van der Waals surface area contributed by atoms with Crippen LogP contribution in [-0.2, 0) is 16.6 Å². The average molecular weight is 303 g/mol. The summed E-state index contributed by atoms with van der Waals surface area (Å²) in [6.07, 6.45) is -3.22. The average Bonchev–Trinajstić information content (AvgIpc) is 2.33. The first-order valence-electron chi connectivity index (χ1n) is 7.07. The van der Waals surface area contributed by atoms with Gasteiger partial charge in [-0.1, -0.05) is 45.0 Å². The van der Waals surface area contributed by atoms with Crippen LogP contribution in [0.5, 0.6) is 0 Å². The van der Waals surface area contributed by atoms with E-state index in [2.05, 4.69) is 37.6 Å². The molecule has 0 radical (unpaired) electrons. The van der Waals surface area contributed by atoms with Crippen molar-refractivity contribution in [2.24, 2.45) is 5.73 Å². The number of alkyl halides is 3. The summed E-state index contributed by atoms with van der Waals surface area (Å²) >= 11 is 0. The highest BCUT2D eigenvalue weighted by Gasteiger charge is 2.27. The maximum atomic E-state index is 11.9. The van der Waals surface area contributed by atoms with Gasteiger partial charge in [-0.25, -0.2) is 0 Å². The van der Waals surface area contributed by atoms with E-state index < -0.39 is 12.8 Å². The Morgan fingerprint density at radius 1 is 1.10 bits per heavy atom. The van der Waals surface area contributed by atoms with E-state index in [1.165, 1.54) is 5.56 Å². The van der Waals surface area contributed by atoms with Crippen LogP contribution in [-0.4, -0.2) is 25.4 Å². The van der Waals surface area contributed by atoms with Crippen molar-refractivity contribution >= 4 is 0 Å². The van der Waals surface area contributed by atoms with Crippen molar-refractivity contribution in [3.8, 4) is 0 Å². The molecule has 0 amide bonds. The van der Waals surface area contributed by atoms with Gasteiger partial charge in [0.05, 0.1) is 0 Å². The number of halogens is 3. The highest BCUT2D eigenvalue weighted by Crippen LogP contribution is 2.22. The molecule has 5 heteroatoms. The van der Waals surface area contributed by atoms with Gasteiger partial charge in [0.1, 0.15) is 6.61 Å². The zero-order valence-corrected chi connectivity index (χ0v) is 12.8. The lowest BCUT2D eigenvalue weighted by molar-refractivity contribution is -0.174. The van der Waals surface area contributed by atoms with Gasteiger partial charge >= 0.3 is 6.18 Å². The predicted molar refractivity (Wildman–Crippen MR) is 78.3 cm³/mol. The Morgan fingerprint density at radius 2 is 1.67 bits per heavy atom. The SMILES string of the molecule is CC(C)(C)c1ccc(CC(N)CCOCC(F)(F)F)cc1. The summed E-state index contributed by atoms with van der Waals surface area (Å²) in [6.45, 7) is 5.25. The predicted octanol–water partition coefficient (Wildman–Crippen LogP) is 3.82. The molecule has 0 fully saturated rings. The minimum atomic E-state index is -4.27. The number of benzene rings is 1. The molecule has 1 atom stereocenters. The normalized spacial score (nSPS) is 14.2. The van der Waals surface area contributed by atoms with Crippen LogP contribution in [0.2, 0.25) is 0 Å². The second-order valence-corrected chi connectivity index (χ2v) is 6.37. The number of hydrogen-bond donors (Lipinski definition) is 1. The second kappa shape index (κ2) is 7.27. The largest absolute Gasteiger partial charge is 0.411 e. The first kappa shape index (κ1) is 18.0. The lowest BCUT2D eigenvalue weighted by atomic mass is 9.86. The van der Waals surface area contributed by atoms with Gasteiger partial charge in [-0.15, -0.1) is 0 Å². The first-order valence-corrected chi connectivity index (χ1v) is 7.07. The highest BCUT2D eigenvalue weighted by atomic mass is 19.4. The molecule has 0 aliphatic heterocycles. The summed E-state index contributed by atoms with van der Waals surface area (Å²) < 4.78 is 40.3. The summed E-state index contributed by atoms with van der Waals surface area (Å²) in [5, 5.41) is 0. The van der Waals surface area contributed by atoms with Crippen molar-refractivity contribution in [1.29, 1.82) is 0 Å². The molecule has 1 aromatic rings. The molecule has 0 aliphatic carbocycles. The molecule has 120 valence electrons. The van der Waals surface area contributed by atoms with Gasteiger partial charge in [0.25, 0.3) is 0 Å². The Kier molecular flexibility index (Phi) is 6.23. The van der Waals surface area contributed by atoms with Gasteiger partial charge in [-0.3, -0.25) is 0 Å². The Balaban J connectivity index is 2.36. The van der Waals surface area contributed by atoms with E-state index in [-0.39, 0.29) is 18.1 Å².